The van der Waals surface area contributed by atoms with Crippen molar-refractivity contribution in [2.75, 3.05) is 13.7 Å². The summed E-state index contributed by atoms with van der Waals surface area (Å²) < 4.78 is 7.19. The summed E-state index contributed by atoms with van der Waals surface area (Å²) in [5.41, 5.74) is 2.25. The van der Waals surface area contributed by atoms with Gasteiger partial charge in [-0.3, -0.25) is 9.78 Å². The zero-order valence-corrected chi connectivity index (χ0v) is 13.0. The first-order valence-corrected chi connectivity index (χ1v) is 7.28. The molecule has 22 heavy (non-hydrogen) atoms. The number of nitrogens with zero attached hydrogens (tertiary/aromatic N) is 5. The summed E-state index contributed by atoms with van der Waals surface area (Å²) in [6.45, 7) is 2.65. The van der Waals surface area contributed by atoms with E-state index in [0.717, 1.165) is 24.1 Å². The van der Waals surface area contributed by atoms with Crippen LogP contribution >= 0.6 is 0 Å². The number of ether oxygens (including phenoxy) is 1. The molecular formula is C15H19N5O2. The number of carbonyl (C=O) groups is 1. The topological polar surface area (TPSA) is 73.1 Å². The van der Waals surface area contributed by atoms with Gasteiger partial charge in [-0.1, -0.05) is 0 Å². The molecule has 1 amide bonds. The van der Waals surface area contributed by atoms with Gasteiger partial charge in [0.25, 0.3) is 5.91 Å². The molecule has 0 spiro atoms. The van der Waals surface area contributed by atoms with Crippen LogP contribution < -0.4 is 4.74 Å². The van der Waals surface area contributed by atoms with Crippen LogP contribution in [0.3, 0.4) is 0 Å². The van der Waals surface area contributed by atoms with Gasteiger partial charge in [0, 0.05) is 26.0 Å². The zero-order valence-electron chi connectivity index (χ0n) is 13.0. The lowest BCUT2D eigenvalue weighted by atomic mass is 10.0. The summed E-state index contributed by atoms with van der Waals surface area (Å²) in [6.07, 6.45) is 6.45. The minimum absolute atomic E-state index is 0.0295. The summed E-state index contributed by atoms with van der Waals surface area (Å²) in [5, 5.41) is 4.42. The summed E-state index contributed by atoms with van der Waals surface area (Å²) in [4.78, 5) is 22.6. The third-order valence-corrected chi connectivity index (χ3v) is 4.04. The second-order valence-corrected chi connectivity index (χ2v) is 5.38. The van der Waals surface area contributed by atoms with Gasteiger partial charge in [-0.2, -0.15) is 5.10 Å². The molecule has 7 heteroatoms. The quantitative estimate of drug-likeness (QED) is 0.859. The van der Waals surface area contributed by atoms with Crippen molar-refractivity contribution in [1.82, 2.24) is 24.6 Å². The summed E-state index contributed by atoms with van der Waals surface area (Å²) in [6, 6.07) is -0.0295. The maximum atomic E-state index is 12.7. The standard InChI is InChI=1S/C15H19N5O2/c1-10-13(15(22-3)19(2)18-10)12-5-4-8-20(12)14(21)11-9-16-6-7-17-11/h6-7,9,12H,4-5,8H2,1-3H3/t12-/m0/s1. The normalized spacial score (nSPS) is 17.8. The van der Waals surface area contributed by atoms with Crippen molar-refractivity contribution in [3.63, 3.8) is 0 Å². The van der Waals surface area contributed by atoms with Gasteiger partial charge in [0.15, 0.2) is 0 Å². The van der Waals surface area contributed by atoms with Crippen LogP contribution in [0.2, 0.25) is 0 Å². The first-order chi connectivity index (χ1) is 10.6. The number of aromatic nitrogens is 4. The van der Waals surface area contributed by atoms with E-state index in [9.17, 15) is 4.79 Å². The van der Waals surface area contributed by atoms with Crippen molar-refractivity contribution in [1.29, 1.82) is 0 Å². The van der Waals surface area contributed by atoms with E-state index < -0.39 is 0 Å². The summed E-state index contributed by atoms with van der Waals surface area (Å²) in [5.74, 6) is 0.613. The van der Waals surface area contributed by atoms with Crippen LogP contribution in [0.25, 0.3) is 0 Å². The van der Waals surface area contributed by atoms with Crippen LogP contribution in [-0.4, -0.2) is 44.2 Å². The van der Waals surface area contributed by atoms with E-state index in [4.69, 9.17) is 4.74 Å². The van der Waals surface area contributed by atoms with E-state index in [2.05, 4.69) is 15.1 Å². The molecule has 1 saturated heterocycles. The lowest BCUT2D eigenvalue weighted by Crippen LogP contribution is -2.31. The lowest BCUT2D eigenvalue weighted by Gasteiger charge is -2.24. The van der Waals surface area contributed by atoms with Crippen molar-refractivity contribution >= 4 is 5.91 Å². The number of hydrogen-bond donors (Lipinski definition) is 0. The molecule has 0 bridgehead atoms. The Kier molecular flexibility index (Phi) is 3.79. The molecule has 0 aliphatic carbocycles. The molecule has 3 heterocycles. The number of likely N-dealkylation sites (tertiary alicyclic amines) is 1. The van der Waals surface area contributed by atoms with Crippen LogP contribution in [0.5, 0.6) is 5.88 Å². The molecule has 0 radical (unpaired) electrons. The van der Waals surface area contributed by atoms with Crippen molar-refractivity contribution in [2.24, 2.45) is 7.05 Å². The maximum Gasteiger partial charge on any atom is 0.274 e. The van der Waals surface area contributed by atoms with Gasteiger partial charge < -0.3 is 9.64 Å². The average Bonchev–Trinajstić information content (AvgIpc) is 3.10. The maximum absolute atomic E-state index is 12.7. The predicted octanol–water partition coefficient (Wildman–Crippen LogP) is 1.50. The number of rotatable bonds is 3. The SMILES string of the molecule is COc1c([C@@H]2CCCN2C(=O)c2cnccn2)c(C)nn1C. The van der Waals surface area contributed by atoms with Crippen molar-refractivity contribution < 1.29 is 9.53 Å². The van der Waals surface area contributed by atoms with Gasteiger partial charge >= 0.3 is 0 Å². The molecule has 2 aromatic rings. The monoisotopic (exact) mass is 301 g/mol. The second kappa shape index (κ2) is 5.75. The Morgan fingerprint density at radius 3 is 2.91 bits per heavy atom. The molecule has 0 aromatic carbocycles. The fourth-order valence-corrected chi connectivity index (χ4v) is 3.15. The van der Waals surface area contributed by atoms with Crippen LogP contribution in [0, 0.1) is 6.92 Å². The van der Waals surface area contributed by atoms with Gasteiger partial charge in [-0.05, 0) is 19.8 Å². The largest absolute Gasteiger partial charge is 0.481 e. The molecule has 3 rings (SSSR count). The Labute approximate surface area is 128 Å². The van der Waals surface area contributed by atoms with Gasteiger partial charge in [-0.25, -0.2) is 9.67 Å². The van der Waals surface area contributed by atoms with E-state index in [0.29, 0.717) is 18.1 Å². The molecule has 1 aliphatic rings. The molecule has 2 aromatic heterocycles. The molecule has 116 valence electrons. The van der Waals surface area contributed by atoms with Crippen molar-refractivity contribution in [3.05, 3.63) is 35.5 Å². The van der Waals surface area contributed by atoms with E-state index in [1.165, 1.54) is 12.4 Å². The van der Waals surface area contributed by atoms with Gasteiger partial charge in [0.2, 0.25) is 5.88 Å². The van der Waals surface area contributed by atoms with Crippen LogP contribution in [0.15, 0.2) is 18.6 Å². The van der Waals surface area contributed by atoms with Gasteiger partial charge in [0.1, 0.15) is 5.69 Å². The number of hydrogen-bond acceptors (Lipinski definition) is 5. The Hall–Kier alpha value is -2.44. The Morgan fingerprint density at radius 1 is 1.41 bits per heavy atom. The minimum atomic E-state index is -0.0964. The van der Waals surface area contributed by atoms with Gasteiger partial charge in [-0.15, -0.1) is 0 Å². The highest BCUT2D eigenvalue weighted by molar-refractivity contribution is 5.92. The van der Waals surface area contributed by atoms with Crippen LogP contribution in [-0.2, 0) is 7.05 Å². The molecule has 1 atom stereocenters. The fraction of sp³-hybridized carbons (Fsp3) is 0.467. The number of methoxy groups -OCH3 is 1. The number of amides is 1. The molecular weight excluding hydrogens is 282 g/mol. The molecule has 0 N–H and O–H groups in total. The Bertz CT molecular complexity index is 683. The van der Waals surface area contributed by atoms with E-state index in [-0.39, 0.29) is 11.9 Å². The molecule has 1 aliphatic heterocycles. The summed E-state index contributed by atoms with van der Waals surface area (Å²) >= 11 is 0. The number of aryl methyl sites for hydroxylation is 2. The average molecular weight is 301 g/mol. The number of carbonyl (C=O) groups excluding carboxylic acids is 1. The second-order valence-electron chi connectivity index (χ2n) is 5.38. The van der Waals surface area contributed by atoms with E-state index in [1.54, 1.807) is 18.0 Å². The third kappa shape index (κ3) is 2.32. The first kappa shape index (κ1) is 14.5. The fourth-order valence-electron chi connectivity index (χ4n) is 3.15. The highest BCUT2D eigenvalue weighted by Crippen LogP contribution is 2.39. The van der Waals surface area contributed by atoms with Crippen molar-refractivity contribution in [3.8, 4) is 5.88 Å². The lowest BCUT2D eigenvalue weighted by molar-refractivity contribution is 0.0727. The Morgan fingerprint density at radius 2 is 2.23 bits per heavy atom. The zero-order chi connectivity index (χ0) is 15.7. The molecule has 0 unspecified atom stereocenters. The highest BCUT2D eigenvalue weighted by atomic mass is 16.5. The molecule has 7 nitrogen and oxygen atoms in total. The Balaban J connectivity index is 1.96. The first-order valence-electron chi connectivity index (χ1n) is 7.28. The van der Waals surface area contributed by atoms with E-state index in [1.807, 2.05) is 18.9 Å². The molecule has 0 saturated carbocycles. The third-order valence-electron chi connectivity index (χ3n) is 4.04. The molecule has 1 fully saturated rings. The predicted molar refractivity (Wildman–Crippen MR) is 79.5 cm³/mol. The van der Waals surface area contributed by atoms with Crippen LogP contribution in [0.4, 0.5) is 0 Å². The van der Waals surface area contributed by atoms with Gasteiger partial charge in [0.05, 0.1) is 30.6 Å². The van der Waals surface area contributed by atoms with Crippen molar-refractivity contribution in [2.45, 2.75) is 25.8 Å². The van der Waals surface area contributed by atoms with E-state index >= 15 is 0 Å². The van der Waals surface area contributed by atoms with Crippen LogP contribution in [0.1, 0.15) is 40.6 Å². The highest BCUT2D eigenvalue weighted by Gasteiger charge is 2.35. The summed E-state index contributed by atoms with van der Waals surface area (Å²) in [7, 11) is 3.48. The smallest absolute Gasteiger partial charge is 0.274 e. The minimum Gasteiger partial charge on any atom is -0.481 e.